The molecule has 0 aromatic carbocycles. The minimum Gasteiger partial charge on any atom is -0.480 e. The van der Waals surface area contributed by atoms with E-state index in [2.05, 4.69) is 31.0 Å². The van der Waals surface area contributed by atoms with Crippen LogP contribution in [0.4, 0.5) is 0 Å². The fourth-order valence-corrected chi connectivity index (χ4v) is 2.74. The maximum absolute atomic E-state index is 11.6. The number of nitrogens with zero attached hydrogens (tertiary/aromatic N) is 1. The highest BCUT2D eigenvalue weighted by Crippen LogP contribution is 2.19. The van der Waals surface area contributed by atoms with Gasteiger partial charge in [0.2, 0.25) is 0 Å². The van der Waals surface area contributed by atoms with Crippen molar-refractivity contribution in [2.45, 2.75) is 65.1 Å². The lowest BCUT2D eigenvalue weighted by Crippen LogP contribution is -2.55. The Labute approximate surface area is 123 Å². The SMILES string of the molecule is CCCNC(C)(CC(C)N(CC)C(C)COC)C(=O)O. The van der Waals surface area contributed by atoms with Crippen LogP contribution in [-0.2, 0) is 9.53 Å². The van der Waals surface area contributed by atoms with Gasteiger partial charge in [-0.05, 0) is 46.7 Å². The smallest absolute Gasteiger partial charge is 0.323 e. The molecule has 0 saturated carbocycles. The topological polar surface area (TPSA) is 61.8 Å². The van der Waals surface area contributed by atoms with E-state index < -0.39 is 11.5 Å². The molecule has 5 nitrogen and oxygen atoms in total. The molecule has 0 fully saturated rings. The van der Waals surface area contributed by atoms with Crippen LogP contribution < -0.4 is 5.32 Å². The summed E-state index contributed by atoms with van der Waals surface area (Å²) in [6, 6.07) is 0.458. The first-order chi connectivity index (χ1) is 9.32. The molecule has 120 valence electrons. The lowest BCUT2D eigenvalue weighted by Gasteiger charge is -2.38. The molecule has 0 aliphatic rings. The van der Waals surface area contributed by atoms with Gasteiger partial charge in [0.05, 0.1) is 6.61 Å². The third-order valence-electron chi connectivity index (χ3n) is 3.85. The fraction of sp³-hybridized carbons (Fsp3) is 0.933. The molecule has 0 heterocycles. The Morgan fingerprint density at radius 1 is 1.35 bits per heavy atom. The molecule has 3 atom stereocenters. The maximum Gasteiger partial charge on any atom is 0.323 e. The zero-order valence-electron chi connectivity index (χ0n) is 13.9. The molecule has 20 heavy (non-hydrogen) atoms. The largest absolute Gasteiger partial charge is 0.480 e. The van der Waals surface area contributed by atoms with E-state index in [4.69, 9.17) is 4.74 Å². The van der Waals surface area contributed by atoms with E-state index in [1.165, 1.54) is 0 Å². The Balaban J connectivity index is 4.79. The summed E-state index contributed by atoms with van der Waals surface area (Å²) in [7, 11) is 1.69. The van der Waals surface area contributed by atoms with Crippen LogP contribution in [0, 0.1) is 0 Å². The van der Waals surface area contributed by atoms with Crippen molar-refractivity contribution < 1.29 is 14.6 Å². The molecule has 0 aliphatic carbocycles. The third kappa shape index (κ3) is 5.77. The van der Waals surface area contributed by atoms with Crippen LogP contribution in [-0.4, -0.2) is 60.4 Å². The molecule has 0 spiro atoms. The van der Waals surface area contributed by atoms with Gasteiger partial charge in [0, 0.05) is 19.2 Å². The summed E-state index contributed by atoms with van der Waals surface area (Å²) in [6.45, 7) is 12.4. The number of carboxylic acid groups (broad SMARTS) is 1. The molecule has 2 N–H and O–H groups in total. The van der Waals surface area contributed by atoms with Gasteiger partial charge in [0.1, 0.15) is 5.54 Å². The van der Waals surface area contributed by atoms with Crippen molar-refractivity contribution in [2.24, 2.45) is 0 Å². The quantitative estimate of drug-likeness (QED) is 0.608. The first kappa shape index (κ1) is 19.4. The van der Waals surface area contributed by atoms with Gasteiger partial charge >= 0.3 is 5.97 Å². The number of nitrogens with one attached hydrogen (secondary N) is 1. The summed E-state index contributed by atoms with van der Waals surface area (Å²) < 4.78 is 5.21. The number of aliphatic carboxylic acids is 1. The highest BCUT2D eigenvalue weighted by atomic mass is 16.5. The van der Waals surface area contributed by atoms with E-state index in [9.17, 15) is 9.90 Å². The van der Waals surface area contributed by atoms with E-state index in [0.29, 0.717) is 13.0 Å². The lowest BCUT2D eigenvalue weighted by atomic mass is 9.92. The van der Waals surface area contributed by atoms with Crippen LogP contribution in [0.3, 0.4) is 0 Å². The summed E-state index contributed by atoms with van der Waals surface area (Å²) in [4.78, 5) is 13.9. The van der Waals surface area contributed by atoms with Crippen LogP contribution in [0.25, 0.3) is 0 Å². The summed E-state index contributed by atoms with van der Waals surface area (Å²) in [5.74, 6) is -0.784. The van der Waals surface area contributed by atoms with E-state index in [1.807, 2.05) is 6.92 Å². The minimum atomic E-state index is -0.879. The summed E-state index contributed by atoms with van der Waals surface area (Å²) in [5, 5.41) is 12.7. The summed E-state index contributed by atoms with van der Waals surface area (Å²) in [5.41, 5.74) is -0.879. The molecular weight excluding hydrogens is 256 g/mol. The number of likely N-dealkylation sites (N-methyl/N-ethyl adjacent to an activating group) is 1. The fourth-order valence-electron chi connectivity index (χ4n) is 2.74. The molecule has 0 aliphatic heterocycles. The molecule has 3 unspecified atom stereocenters. The number of methoxy groups -OCH3 is 1. The van der Waals surface area contributed by atoms with Crippen molar-refractivity contribution in [3.8, 4) is 0 Å². The van der Waals surface area contributed by atoms with Crippen molar-refractivity contribution in [1.29, 1.82) is 0 Å². The second-order valence-electron chi connectivity index (χ2n) is 5.75. The van der Waals surface area contributed by atoms with Crippen molar-refractivity contribution in [3.05, 3.63) is 0 Å². The second kappa shape index (κ2) is 9.32. The van der Waals surface area contributed by atoms with Gasteiger partial charge in [0.25, 0.3) is 0 Å². The van der Waals surface area contributed by atoms with Crippen molar-refractivity contribution in [3.63, 3.8) is 0 Å². The number of ether oxygens (including phenoxy) is 1. The van der Waals surface area contributed by atoms with Crippen molar-refractivity contribution in [2.75, 3.05) is 26.8 Å². The van der Waals surface area contributed by atoms with Gasteiger partial charge in [-0.3, -0.25) is 9.69 Å². The first-order valence-corrected chi connectivity index (χ1v) is 7.55. The van der Waals surface area contributed by atoms with Crippen LogP contribution in [0.2, 0.25) is 0 Å². The zero-order valence-corrected chi connectivity index (χ0v) is 13.9. The minimum absolute atomic E-state index is 0.176. The van der Waals surface area contributed by atoms with Gasteiger partial charge in [-0.15, -0.1) is 0 Å². The number of rotatable bonds is 11. The van der Waals surface area contributed by atoms with Gasteiger partial charge in [-0.1, -0.05) is 13.8 Å². The number of carboxylic acids is 1. The Kier molecular flexibility index (Phi) is 9.01. The lowest BCUT2D eigenvalue weighted by molar-refractivity contribution is -0.145. The molecule has 0 rings (SSSR count). The molecule has 0 saturated heterocycles. The predicted octanol–water partition coefficient (Wildman–Crippen LogP) is 1.96. The molecule has 5 heteroatoms. The van der Waals surface area contributed by atoms with E-state index in [1.54, 1.807) is 14.0 Å². The predicted molar refractivity (Wildman–Crippen MR) is 82.1 cm³/mol. The molecule has 0 bridgehead atoms. The summed E-state index contributed by atoms with van der Waals surface area (Å²) in [6.07, 6.45) is 1.50. The van der Waals surface area contributed by atoms with E-state index in [-0.39, 0.29) is 12.1 Å². The van der Waals surface area contributed by atoms with Gasteiger partial charge in [-0.25, -0.2) is 0 Å². The summed E-state index contributed by atoms with van der Waals surface area (Å²) >= 11 is 0. The highest BCUT2D eigenvalue weighted by molar-refractivity contribution is 5.78. The normalized spacial score (nSPS) is 17.8. The standard InChI is InChI=1S/C15H32N2O3/c1-7-9-16-15(5,14(18)19)10-12(3)17(8-2)13(4)11-20-6/h12-13,16H,7-11H2,1-6H3,(H,18,19). The third-order valence-corrected chi connectivity index (χ3v) is 3.85. The Hall–Kier alpha value is -0.650. The Bertz CT molecular complexity index is 286. The number of hydrogen-bond donors (Lipinski definition) is 2. The highest BCUT2D eigenvalue weighted by Gasteiger charge is 2.35. The van der Waals surface area contributed by atoms with Gasteiger partial charge < -0.3 is 15.2 Å². The van der Waals surface area contributed by atoms with Crippen LogP contribution >= 0.6 is 0 Å². The molecule has 0 aromatic rings. The van der Waals surface area contributed by atoms with Crippen LogP contribution in [0.5, 0.6) is 0 Å². The average molecular weight is 288 g/mol. The molecule has 0 aromatic heterocycles. The Morgan fingerprint density at radius 3 is 2.35 bits per heavy atom. The number of carbonyl (C=O) groups is 1. The maximum atomic E-state index is 11.6. The zero-order chi connectivity index (χ0) is 15.8. The van der Waals surface area contributed by atoms with Crippen molar-refractivity contribution in [1.82, 2.24) is 10.2 Å². The molecule has 0 radical (unpaired) electrons. The van der Waals surface area contributed by atoms with E-state index in [0.717, 1.165) is 19.5 Å². The van der Waals surface area contributed by atoms with Gasteiger partial charge in [0.15, 0.2) is 0 Å². The van der Waals surface area contributed by atoms with Crippen LogP contribution in [0.15, 0.2) is 0 Å². The average Bonchev–Trinajstić information content (AvgIpc) is 2.37. The van der Waals surface area contributed by atoms with Crippen LogP contribution in [0.1, 0.15) is 47.5 Å². The molecular formula is C15H32N2O3. The van der Waals surface area contributed by atoms with Gasteiger partial charge in [-0.2, -0.15) is 0 Å². The monoisotopic (exact) mass is 288 g/mol. The Morgan fingerprint density at radius 2 is 1.95 bits per heavy atom. The number of hydrogen-bond acceptors (Lipinski definition) is 4. The first-order valence-electron chi connectivity index (χ1n) is 7.55. The second-order valence-corrected chi connectivity index (χ2v) is 5.75. The molecule has 0 amide bonds. The van der Waals surface area contributed by atoms with Crippen molar-refractivity contribution >= 4 is 5.97 Å². The van der Waals surface area contributed by atoms with E-state index >= 15 is 0 Å².